The molecule has 5 nitrogen and oxygen atoms in total. The van der Waals surface area contributed by atoms with Gasteiger partial charge in [0.05, 0.1) is 26.4 Å². The van der Waals surface area contributed by atoms with Crippen LogP contribution in [0.4, 0.5) is 5.00 Å². The third kappa shape index (κ3) is 3.95. The van der Waals surface area contributed by atoms with Crippen LogP contribution in [0.1, 0.15) is 47.4 Å². The Morgan fingerprint density at radius 2 is 1.89 bits per heavy atom. The van der Waals surface area contributed by atoms with Crippen LogP contribution < -0.4 is 10.1 Å². The standard InChI is InChI=1S/C22H28N2O3S/c1-15(25)23-22-20(18-5-3-4-6-19(18)28-22)21(24-11-13-27-14-12-24)16-7-9-17(26-2)10-8-16/h7-10,21H,3-6,11-14H2,1-2H3,(H,23,25)/t21-/m0/s1. The Hall–Kier alpha value is -1.89. The SMILES string of the molecule is COc1ccc([C@@H](c2c(NC(C)=O)sc3c2CCCC3)N2CCOCC2)cc1. The highest BCUT2D eigenvalue weighted by atomic mass is 32.1. The van der Waals surface area contributed by atoms with Crippen molar-refractivity contribution in [3.05, 3.63) is 45.8 Å². The molecule has 1 amide bonds. The first-order valence-corrected chi connectivity index (χ1v) is 10.9. The first-order valence-electron chi connectivity index (χ1n) is 10.0. The number of ether oxygens (including phenoxy) is 2. The van der Waals surface area contributed by atoms with E-state index in [0.29, 0.717) is 0 Å². The number of aryl methyl sites for hydroxylation is 1. The highest BCUT2D eigenvalue weighted by Crippen LogP contribution is 2.45. The molecule has 2 aromatic rings. The van der Waals surface area contributed by atoms with Gasteiger partial charge in [-0.3, -0.25) is 9.69 Å². The van der Waals surface area contributed by atoms with Crippen molar-refractivity contribution >= 4 is 22.2 Å². The smallest absolute Gasteiger partial charge is 0.221 e. The maximum absolute atomic E-state index is 11.9. The van der Waals surface area contributed by atoms with E-state index in [-0.39, 0.29) is 11.9 Å². The van der Waals surface area contributed by atoms with E-state index in [0.717, 1.165) is 49.9 Å². The maximum Gasteiger partial charge on any atom is 0.221 e. The number of nitrogens with zero attached hydrogens (tertiary/aromatic N) is 1. The second kappa shape index (κ2) is 8.64. The van der Waals surface area contributed by atoms with Crippen molar-refractivity contribution in [1.82, 2.24) is 4.90 Å². The van der Waals surface area contributed by atoms with E-state index in [1.165, 1.54) is 34.4 Å². The summed E-state index contributed by atoms with van der Waals surface area (Å²) in [5.41, 5.74) is 3.98. The maximum atomic E-state index is 11.9. The Bertz CT molecular complexity index is 825. The minimum atomic E-state index is -0.00435. The van der Waals surface area contributed by atoms with Crippen LogP contribution >= 0.6 is 11.3 Å². The average Bonchev–Trinajstić information content (AvgIpc) is 3.07. The van der Waals surface area contributed by atoms with Crippen LogP contribution in [0.15, 0.2) is 24.3 Å². The lowest BCUT2D eigenvalue weighted by Gasteiger charge is -2.36. The summed E-state index contributed by atoms with van der Waals surface area (Å²) in [6.45, 7) is 4.87. The van der Waals surface area contributed by atoms with E-state index in [1.807, 2.05) is 12.1 Å². The number of amides is 1. The minimum Gasteiger partial charge on any atom is -0.497 e. The van der Waals surface area contributed by atoms with Crippen molar-refractivity contribution in [2.75, 3.05) is 38.7 Å². The van der Waals surface area contributed by atoms with Crippen LogP contribution in [-0.2, 0) is 22.4 Å². The lowest BCUT2D eigenvalue weighted by Crippen LogP contribution is -2.40. The number of thiophene rings is 1. The van der Waals surface area contributed by atoms with Crippen molar-refractivity contribution in [2.24, 2.45) is 0 Å². The van der Waals surface area contributed by atoms with Crippen LogP contribution in [-0.4, -0.2) is 44.2 Å². The van der Waals surface area contributed by atoms with Crippen LogP contribution in [0.3, 0.4) is 0 Å². The summed E-state index contributed by atoms with van der Waals surface area (Å²) in [6, 6.07) is 8.49. The van der Waals surface area contributed by atoms with Gasteiger partial charge in [-0.15, -0.1) is 11.3 Å². The van der Waals surface area contributed by atoms with Gasteiger partial charge < -0.3 is 14.8 Å². The largest absolute Gasteiger partial charge is 0.497 e. The second-order valence-electron chi connectivity index (χ2n) is 7.46. The fraction of sp³-hybridized carbons (Fsp3) is 0.500. The molecular formula is C22H28N2O3S. The van der Waals surface area contributed by atoms with Gasteiger partial charge in [-0.1, -0.05) is 12.1 Å². The normalized spacial score (nSPS) is 18.4. The molecule has 2 aliphatic rings. The Labute approximate surface area is 170 Å². The molecule has 150 valence electrons. The summed E-state index contributed by atoms with van der Waals surface area (Å²) in [5.74, 6) is 0.856. The summed E-state index contributed by atoms with van der Waals surface area (Å²) < 4.78 is 11.0. The van der Waals surface area contributed by atoms with Crippen molar-refractivity contribution in [3.8, 4) is 5.75 Å². The fourth-order valence-electron chi connectivity index (χ4n) is 4.31. The molecule has 28 heavy (non-hydrogen) atoms. The zero-order chi connectivity index (χ0) is 19.5. The van der Waals surface area contributed by atoms with E-state index in [9.17, 15) is 4.79 Å². The molecule has 4 rings (SSSR count). The highest BCUT2D eigenvalue weighted by Gasteiger charge is 2.32. The number of carbonyl (C=O) groups excluding carboxylic acids is 1. The second-order valence-corrected chi connectivity index (χ2v) is 8.56. The van der Waals surface area contributed by atoms with Crippen molar-refractivity contribution in [3.63, 3.8) is 0 Å². The van der Waals surface area contributed by atoms with Gasteiger partial charge in [0.2, 0.25) is 5.91 Å². The number of hydrogen-bond acceptors (Lipinski definition) is 5. The first-order chi connectivity index (χ1) is 13.7. The van der Waals surface area contributed by atoms with Crippen LogP contribution in [0.25, 0.3) is 0 Å². The first kappa shape index (κ1) is 19.4. The van der Waals surface area contributed by atoms with E-state index in [1.54, 1.807) is 25.4 Å². The number of methoxy groups -OCH3 is 1. The van der Waals surface area contributed by atoms with Gasteiger partial charge in [0.25, 0.3) is 0 Å². The predicted octanol–water partition coefficient (Wildman–Crippen LogP) is 4.02. The van der Waals surface area contributed by atoms with E-state index in [2.05, 4.69) is 22.3 Å². The van der Waals surface area contributed by atoms with E-state index < -0.39 is 0 Å². The average molecular weight is 401 g/mol. The molecule has 0 spiro atoms. The summed E-state index contributed by atoms with van der Waals surface area (Å²) in [7, 11) is 1.69. The molecule has 1 aromatic heterocycles. The third-order valence-electron chi connectivity index (χ3n) is 5.62. The van der Waals surface area contributed by atoms with Gasteiger partial charge in [0.1, 0.15) is 10.8 Å². The molecular weight excluding hydrogens is 372 g/mol. The summed E-state index contributed by atoms with van der Waals surface area (Å²) >= 11 is 1.77. The van der Waals surface area contributed by atoms with Crippen LogP contribution in [0, 0.1) is 0 Å². The molecule has 1 aliphatic heterocycles. The van der Waals surface area contributed by atoms with Gasteiger partial charge >= 0.3 is 0 Å². The molecule has 0 unspecified atom stereocenters. The molecule has 1 saturated heterocycles. The minimum absolute atomic E-state index is 0.00435. The van der Waals surface area contributed by atoms with Crippen LogP contribution in [0.5, 0.6) is 5.75 Å². The lowest BCUT2D eigenvalue weighted by atomic mass is 9.88. The number of rotatable bonds is 5. The van der Waals surface area contributed by atoms with Crippen molar-refractivity contribution in [1.29, 1.82) is 0 Å². The zero-order valence-electron chi connectivity index (χ0n) is 16.6. The molecule has 2 heterocycles. The lowest BCUT2D eigenvalue weighted by molar-refractivity contribution is -0.114. The van der Waals surface area contributed by atoms with E-state index in [4.69, 9.17) is 9.47 Å². The third-order valence-corrected chi connectivity index (χ3v) is 6.84. The fourth-order valence-corrected chi connectivity index (χ4v) is 5.68. The number of nitrogens with one attached hydrogen (secondary N) is 1. The predicted molar refractivity (Wildman–Crippen MR) is 112 cm³/mol. The van der Waals surface area contributed by atoms with E-state index >= 15 is 0 Å². The topological polar surface area (TPSA) is 50.8 Å². The summed E-state index contributed by atoms with van der Waals surface area (Å²) in [4.78, 5) is 15.9. The number of morpholine rings is 1. The summed E-state index contributed by atoms with van der Waals surface area (Å²) in [5, 5.41) is 4.16. The molecule has 6 heteroatoms. The van der Waals surface area contributed by atoms with Crippen LogP contribution in [0.2, 0.25) is 0 Å². The number of hydrogen-bond donors (Lipinski definition) is 1. The number of carbonyl (C=O) groups is 1. The molecule has 1 fully saturated rings. The molecule has 0 saturated carbocycles. The highest BCUT2D eigenvalue weighted by molar-refractivity contribution is 7.16. The Morgan fingerprint density at radius 3 is 2.57 bits per heavy atom. The zero-order valence-corrected chi connectivity index (χ0v) is 17.4. The molecule has 1 aromatic carbocycles. The Kier molecular flexibility index (Phi) is 5.99. The molecule has 0 radical (unpaired) electrons. The monoisotopic (exact) mass is 400 g/mol. The van der Waals surface area contributed by atoms with Gasteiger partial charge in [0.15, 0.2) is 0 Å². The number of fused-ring (bicyclic) bond motifs is 1. The molecule has 1 aliphatic carbocycles. The Balaban J connectivity index is 1.83. The van der Waals surface area contributed by atoms with Crippen molar-refractivity contribution in [2.45, 2.75) is 38.6 Å². The van der Waals surface area contributed by atoms with Gasteiger partial charge in [-0.05, 0) is 48.9 Å². The quantitative estimate of drug-likeness (QED) is 0.824. The van der Waals surface area contributed by atoms with Gasteiger partial charge in [-0.25, -0.2) is 0 Å². The number of benzene rings is 1. The molecule has 0 bridgehead atoms. The molecule has 1 atom stereocenters. The van der Waals surface area contributed by atoms with Gasteiger partial charge in [0, 0.05) is 30.5 Å². The van der Waals surface area contributed by atoms with Gasteiger partial charge in [-0.2, -0.15) is 0 Å². The summed E-state index contributed by atoms with van der Waals surface area (Å²) in [6.07, 6.45) is 4.66. The Morgan fingerprint density at radius 1 is 1.18 bits per heavy atom. The van der Waals surface area contributed by atoms with Crippen molar-refractivity contribution < 1.29 is 14.3 Å². The number of anilines is 1. The molecule has 1 N–H and O–H groups in total.